The number of aromatic nitrogens is 1. The third-order valence-electron chi connectivity index (χ3n) is 5.21. The summed E-state index contributed by atoms with van der Waals surface area (Å²) in [6.07, 6.45) is 3.27. The van der Waals surface area contributed by atoms with Crippen LogP contribution < -0.4 is 10.3 Å². The fourth-order valence-corrected chi connectivity index (χ4v) is 3.87. The van der Waals surface area contributed by atoms with Crippen molar-refractivity contribution in [3.8, 4) is 0 Å². The molecule has 0 spiro atoms. The second-order valence-electron chi connectivity index (χ2n) is 7.17. The van der Waals surface area contributed by atoms with Crippen molar-refractivity contribution in [2.75, 3.05) is 24.6 Å². The average Bonchev–Trinajstić information content (AvgIpc) is 3.40. The highest BCUT2D eigenvalue weighted by molar-refractivity contribution is 5.95. The topological polar surface area (TPSA) is 71.8 Å². The van der Waals surface area contributed by atoms with E-state index in [1.807, 2.05) is 16.4 Å². The first-order valence-corrected chi connectivity index (χ1v) is 8.86. The molecule has 2 aromatic rings. The number of aryl methyl sites for hydroxylation is 1. The Balaban J connectivity index is 2.00. The molecule has 26 heavy (non-hydrogen) atoms. The molecule has 1 aromatic heterocycles. The van der Waals surface area contributed by atoms with Crippen LogP contribution in [0.4, 0.5) is 10.1 Å². The van der Waals surface area contributed by atoms with Crippen molar-refractivity contribution in [1.29, 1.82) is 0 Å². The van der Waals surface area contributed by atoms with E-state index >= 15 is 0 Å². The Hall–Kier alpha value is -2.41. The lowest BCUT2D eigenvalue weighted by Crippen LogP contribution is -2.42. The van der Waals surface area contributed by atoms with Crippen LogP contribution in [-0.2, 0) is 4.74 Å². The summed E-state index contributed by atoms with van der Waals surface area (Å²) in [5, 5.41) is 9.48. The molecule has 1 N–H and O–H groups in total. The molecule has 1 saturated carbocycles. The molecule has 138 valence electrons. The lowest BCUT2D eigenvalue weighted by molar-refractivity contribution is 0.0529. The second kappa shape index (κ2) is 6.09. The first-order valence-electron chi connectivity index (χ1n) is 8.86. The molecular formula is C19H21FN2O4. The number of benzene rings is 1. The Morgan fingerprint density at radius 3 is 2.73 bits per heavy atom. The Labute approximate surface area is 149 Å². The van der Waals surface area contributed by atoms with Crippen molar-refractivity contribution >= 4 is 22.6 Å². The third-order valence-corrected chi connectivity index (χ3v) is 5.21. The molecule has 1 aromatic carbocycles. The first kappa shape index (κ1) is 17.0. The summed E-state index contributed by atoms with van der Waals surface area (Å²) >= 11 is 0. The summed E-state index contributed by atoms with van der Waals surface area (Å²) in [5.74, 6) is -1.78. The van der Waals surface area contributed by atoms with Crippen molar-refractivity contribution in [2.45, 2.75) is 38.8 Å². The van der Waals surface area contributed by atoms with Crippen LogP contribution in [0.15, 0.2) is 17.1 Å². The zero-order chi connectivity index (χ0) is 18.6. The van der Waals surface area contributed by atoms with Gasteiger partial charge in [-0.1, -0.05) is 0 Å². The number of rotatable bonds is 3. The van der Waals surface area contributed by atoms with Gasteiger partial charge in [0.2, 0.25) is 5.43 Å². The van der Waals surface area contributed by atoms with Crippen LogP contribution in [0.1, 0.15) is 41.7 Å². The van der Waals surface area contributed by atoms with Crippen LogP contribution in [0.3, 0.4) is 0 Å². The van der Waals surface area contributed by atoms with Crippen molar-refractivity contribution in [2.24, 2.45) is 0 Å². The zero-order valence-corrected chi connectivity index (χ0v) is 14.8. The number of hydrogen-bond donors (Lipinski definition) is 1. The van der Waals surface area contributed by atoms with E-state index in [1.165, 1.54) is 12.3 Å². The van der Waals surface area contributed by atoms with Gasteiger partial charge in [0.15, 0.2) is 0 Å². The van der Waals surface area contributed by atoms with Gasteiger partial charge in [0.1, 0.15) is 11.4 Å². The minimum Gasteiger partial charge on any atom is -0.477 e. The lowest BCUT2D eigenvalue weighted by atomic mass is 10.0. The smallest absolute Gasteiger partial charge is 0.341 e. The first-order chi connectivity index (χ1) is 12.4. The number of morpholine rings is 1. The number of carbonyl (C=O) groups is 1. The molecule has 7 heteroatoms. The maximum Gasteiger partial charge on any atom is 0.341 e. The number of carboxylic acid groups (broad SMARTS) is 1. The molecule has 0 radical (unpaired) electrons. The van der Waals surface area contributed by atoms with E-state index in [-0.39, 0.29) is 23.1 Å². The van der Waals surface area contributed by atoms with Crippen molar-refractivity contribution in [3.63, 3.8) is 0 Å². The summed E-state index contributed by atoms with van der Waals surface area (Å²) in [5.41, 5.74) is 0.849. The van der Waals surface area contributed by atoms with Gasteiger partial charge < -0.3 is 19.3 Å². The number of carboxylic acids is 1. The predicted octanol–water partition coefficient (Wildman–Crippen LogP) is 2.71. The molecule has 1 saturated heterocycles. The average molecular weight is 360 g/mol. The molecule has 1 aliphatic carbocycles. The minimum atomic E-state index is -1.28. The fourth-order valence-electron chi connectivity index (χ4n) is 3.87. The largest absolute Gasteiger partial charge is 0.477 e. The van der Waals surface area contributed by atoms with Gasteiger partial charge in [-0.15, -0.1) is 0 Å². The number of nitrogens with zero attached hydrogens (tertiary/aromatic N) is 2. The third kappa shape index (κ3) is 2.67. The number of halogens is 1. The summed E-state index contributed by atoms with van der Waals surface area (Å²) < 4.78 is 22.4. The van der Waals surface area contributed by atoms with Crippen molar-refractivity contribution in [3.05, 3.63) is 39.4 Å². The standard InChI is InChI=1S/C19H21FN2O4/c1-10-8-21(5-6-26-10)17-11(2)16-13(7-15(17)20)18(23)14(19(24)25)9-22(16)12-3-4-12/h7,9-10,12H,3-6,8H2,1-2H3,(H,24,25). The SMILES string of the molecule is Cc1c(N2CCOC(C)C2)c(F)cc2c(=O)c(C(=O)O)cn(C3CC3)c12. The lowest BCUT2D eigenvalue weighted by Gasteiger charge is -2.34. The van der Waals surface area contributed by atoms with Gasteiger partial charge in [-0.3, -0.25) is 4.79 Å². The van der Waals surface area contributed by atoms with E-state index in [0.717, 1.165) is 12.8 Å². The number of pyridine rings is 1. The van der Waals surface area contributed by atoms with Gasteiger partial charge in [0, 0.05) is 30.7 Å². The minimum absolute atomic E-state index is 0.00161. The Morgan fingerprint density at radius 1 is 1.38 bits per heavy atom. The van der Waals surface area contributed by atoms with Crippen LogP contribution >= 0.6 is 0 Å². The fraction of sp³-hybridized carbons (Fsp3) is 0.474. The van der Waals surface area contributed by atoms with Gasteiger partial charge in [-0.25, -0.2) is 9.18 Å². The summed E-state index contributed by atoms with van der Waals surface area (Å²) in [6, 6.07) is 1.36. The van der Waals surface area contributed by atoms with Crippen molar-refractivity contribution < 1.29 is 19.0 Å². The molecule has 0 amide bonds. The summed E-state index contributed by atoms with van der Waals surface area (Å²) in [4.78, 5) is 26.0. The zero-order valence-electron chi connectivity index (χ0n) is 14.8. The van der Waals surface area contributed by atoms with Crippen molar-refractivity contribution in [1.82, 2.24) is 4.57 Å². The van der Waals surface area contributed by atoms with Gasteiger partial charge in [-0.05, 0) is 38.3 Å². The number of aromatic carboxylic acids is 1. The van der Waals surface area contributed by atoms with Crippen LogP contribution in [0.25, 0.3) is 10.9 Å². The highest BCUT2D eigenvalue weighted by atomic mass is 19.1. The second-order valence-corrected chi connectivity index (χ2v) is 7.17. The summed E-state index contributed by atoms with van der Waals surface area (Å²) in [6.45, 7) is 5.42. The van der Waals surface area contributed by atoms with E-state index in [4.69, 9.17) is 4.74 Å². The van der Waals surface area contributed by atoms with E-state index in [1.54, 1.807) is 6.92 Å². The molecule has 2 fully saturated rings. The van der Waals surface area contributed by atoms with Crippen LogP contribution in [0, 0.1) is 12.7 Å². The molecular weight excluding hydrogens is 339 g/mol. The molecule has 0 bridgehead atoms. The van der Waals surface area contributed by atoms with Gasteiger partial charge >= 0.3 is 5.97 Å². The Kier molecular flexibility index (Phi) is 3.99. The number of ether oxygens (including phenoxy) is 1. The molecule has 2 heterocycles. The highest BCUT2D eigenvalue weighted by Gasteiger charge is 2.30. The Morgan fingerprint density at radius 2 is 2.12 bits per heavy atom. The normalized spacial score (nSPS) is 20.6. The molecule has 2 aliphatic rings. The van der Waals surface area contributed by atoms with E-state index in [9.17, 15) is 19.1 Å². The number of fused-ring (bicyclic) bond motifs is 1. The molecule has 1 aliphatic heterocycles. The van der Waals surface area contributed by atoms with E-state index in [0.29, 0.717) is 36.5 Å². The van der Waals surface area contributed by atoms with E-state index < -0.39 is 17.2 Å². The van der Waals surface area contributed by atoms with Gasteiger partial charge in [0.05, 0.1) is 23.9 Å². The maximum absolute atomic E-state index is 15.0. The molecule has 6 nitrogen and oxygen atoms in total. The quantitative estimate of drug-likeness (QED) is 0.911. The monoisotopic (exact) mass is 360 g/mol. The maximum atomic E-state index is 15.0. The number of hydrogen-bond acceptors (Lipinski definition) is 4. The molecule has 1 atom stereocenters. The van der Waals surface area contributed by atoms with Crippen LogP contribution in [0.5, 0.6) is 0 Å². The Bertz CT molecular complexity index is 964. The van der Waals surface area contributed by atoms with Gasteiger partial charge in [0.25, 0.3) is 0 Å². The summed E-state index contributed by atoms with van der Waals surface area (Å²) in [7, 11) is 0. The molecule has 1 unspecified atom stereocenters. The van der Waals surface area contributed by atoms with Crippen LogP contribution in [-0.4, -0.2) is 41.4 Å². The van der Waals surface area contributed by atoms with Gasteiger partial charge in [-0.2, -0.15) is 0 Å². The number of anilines is 1. The molecule has 4 rings (SSSR count). The van der Waals surface area contributed by atoms with E-state index in [2.05, 4.69) is 0 Å². The van der Waals surface area contributed by atoms with Crippen LogP contribution in [0.2, 0.25) is 0 Å². The predicted molar refractivity (Wildman–Crippen MR) is 95.8 cm³/mol. The highest BCUT2D eigenvalue weighted by Crippen LogP contribution is 2.40.